The maximum Gasteiger partial charge on any atom is 0.348 e. The molecule has 7 heteroatoms. The summed E-state index contributed by atoms with van der Waals surface area (Å²) < 4.78 is 6.89. The van der Waals surface area contributed by atoms with Gasteiger partial charge in [-0.15, -0.1) is 0 Å². The number of aromatic nitrogens is 4. The Morgan fingerprint density at radius 3 is 3.00 bits per heavy atom. The summed E-state index contributed by atoms with van der Waals surface area (Å²) in [5, 5.41) is 6.17. The van der Waals surface area contributed by atoms with Crippen molar-refractivity contribution in [2.75, 3.05) is 5.73 Å². The van der Waals surface area contributed by atoms with Crippen molar-refractivity contribution in [3.63, 3.8) is 0 Å². The van der Waals surface area contributed by atoms with Crippen LogP contribution < -0.4 is 16.2 Å². The maximum atomic E-state index is 11.3. The number of hydrogen-bond acceptors (Lipinski definition) is 5. The predicted molar refractivity (Wildman–Crippen MR) is 69.3 cm³/mol. The smallest absolute Gasteiger partial charge is 0.348 e. The van der Waals surface area contributed by atoms with Crippen LogP contribution in [-0.4, -0.2) is 19.6 Å². The first-order valence-electron chi connectivity index (χ1n) is 5.60. The summed E-state index contributed by atoms with van der Waals surface area (Å²) in [6, 6.07) is 6.91. The number of aryl methyl sites for hydroxylation is 1. The Morgan fingerprint density at radius 2 is 2.21 bits per heavy atom. The van der Waals surface area contributed by atoms with Crippen LogP contribution >= 0.6 is 0 Å². The molecule has 0 aliphatic rings. The van der Waals surface area contributed by atoms with Gasteiger partial charge in [0.15, 0.2) is 5.65 Å². The molecular weight excluding hydrogens is 246 g/mol. The van der Waals surface area contributed by atoms with E-state index < -0.39 is 0 Å². The number of nitrogens with zero attached hydrogens (tertiary/aromatic N) is 3. The van der Waals surface area contributed by atoms with E-state index >= 15 is 0 Å². The van der Waals surface area contributed by atoms with E-state index in [0.717, 1.165) is 5.56 Å². The Morgan fingerprint density at radius 1 is 1.37 bits per heavy atom. The molecule has 7 nitrogen and oxygen atoms in total. The second-order valence-corrected chi connectivity index (χ2v) is 4.10. The van der Waals surface area contributed by atoms with Gasteiger partial charge < -0.3 is 10.5 Å². The second-order valence-electron chi connectivity index (χ2n) is 4.10. The molecule has 0 spiro atoms. The van der Waals surface area contributed by atoms with Gasteiger partial charge in [-0.1, -0.05) is 0 Å². The van der Waals surface area contributed by atoms with Crippen LogP contribution in [-0.2, 0) is 0 Å². The van der Waals surface area contributed by atoms with Gasteiger partial charge in [0.2, 0.25) is 5.88 Å². The minimum absolute atomic E-state index is 0.336. The summed E-state index contributed by atoms with van der Waals surface area (Å²) >= 11 is 0. The zero-order valence-corrected chi connectivity index (χ0v) is 10.1. The normalized spacial score (nSPS) is 10.8. The fourth-order valence-electron chi connectivity index (χ4n) is 1.68. The molecule has 0 fully saturated rings. The Kier molecular flexibility index (Phi) is 2.45. The van der Waals surface area contributed by atoms with Crippen molar-refractivity contribution in [1.82, 2.24) is 19.6 Å². The van der Waals surface area contributed by atoms with E-state index in [9.17, 15) is 4.79 Å². The van der Waals surface area contributed by atoms with Crippen LogP contribution in [0.3, 0.4) is 0 Å². The molecule has 2 heterocycles. The molecule has 0 radical (unpaired) electrons. The van der Waals surface area contributed by atoms with Crippen LogP contribution in [0.25, 0.3) is 5.65 Å². The van der Waals surface area contributed by atoms with Crippen molar-refractivity contribution in [3.05, 3.63) is 46.6 Å². The van der Waals surface area contributed by atoms with E-state index in [0.29, 0.717) is 23.0 Å². The van der Waals surface area contributed by atoms with Crippen molar-refractivity contribution >= 4 is 11.3 Å². The number of fused-ring (bicyclic) bond motifs is 1. The van der Waals surface area contributed by atoms with E-state index in [1.165, 1.54) is 10.7 Å². The van der Waals surface area contributed by atoms with Crippen molar-refractivity contribution in [3.8, 4) is 11.6 Å². The molecule has 0 aliphatic heterocycles. The highest BCUT2D eigenvalue weighted by atomic mass is 16.5. The molecule has 0 aliphatic carbocycles. The standard InChI is InChI=1S/C12H11N5O2/c1-7-4-8(2-3-9(7)13)19-11-5-10-15-16-12(18)17(10)6-14-11/h2-6H,13H2,1H3,(H,16,18). The van der Waals surface area contributed by atoms with E-state index in [1.54, 1.807) is 18.2 Å². The molecule has 0 saturated carbocycles. The number of hydrogen-bond donors (Lipinski definition) is 2. The summed E-state index contributed by atoms with van der Waals surface area (Å²) in [6.45, 7) is 1.89. The molecule has 0 amide bonds. The number of anilines is 1. The number of rotatable bonds is 2. The minimum atomic E-state index is -0.336. The van der Waals surface area contributed by atoms with Crippen LogP contribution in [0.4, 0.5) is 5.69 Å². The van der Waals surface area contributed by atoms with Crippen LogP contribution in [0.5, 0.6) is 11.6 Å². The molecule has 0 saturated heterocycles. The summed E-state index contributed by atoms with van der Waals surface area (Å²) in [5.74, 6) is 0.983. The second kappa shape index (κ2) is 4.13. The van der Waals surface area contributed by atoms with Gasteiger partial charge in [0.05, 0.1) is 0 Å². The van der Waals surface area contributed by atoms with Gasteiger partial charge in [0, 0.05) is 11.8 Å². The van der Waals surface area contributed by atoms with Gasteiger partial charge >= 0.3 is 5.69 Å². The van der Waals surface area contributed by atoms with Gasteiger partial charge in [0.25, 0.3) is 0 Å². The first kappa shape index (κ1) is 11.3. The molecule has 2 aromatic heterocycles. The number of nitrogens with two attached hydrogens (primary N) is 1. The number of nitrogens with one attached hydrogen (secondary N) is 1. The fraction of sp³-hybridized carbons (Fsp3) is 0.0833. The number of ether oxygens (including phenoxy) is 1. The molecule has 96 valence electrons. The molecule has 3 aromatic rings. The number of benzene rings is 1. The maximum absolute atomic E-state index is 11.3. The third kappa shape index (κ3) is 2.01. The Bertz CT molecular complexity index is 805. The Labute approximate surface area is 107 Å². The van der Waals surface area contributed by atoms with E-state index in [2.05, 4.69) is 15.2 Å². The third-order valence-electron chi connectivity index (χ3n) is 2.75. The highest BCUT2D eigenvalue weighted by molar-refractivity contribution is 5.50. The first-order valence-corrected chi connectivity index (χ1v) is 5.60. The van der Waals surface area contributed by atoms with Crippen molar-refractivity contribution in [2.24, 2.45) is 0 Å². The van der Waals surface area contributed by atoms with E-state index in [-0.39, 0.29) is 5.69 Å². The molecular formula is C12H11N5O2. The lowest BCUT2D eigenvalue weighted by molar-refractivity contribution is 0.461. The topological polar surface area (TPSA) is 98.3 Å². The van der Waals surface area contributed by atoms with Crippen LogP contribution in [0.15, 0.2) is 35.4 Å². The van der Waals surface area contributed by atoms with Crippen molar-refractivity contribution in [1.29, 1.82) is 0 Å². The van der Waals surface area contributed by atoms with Crippen LogP contribution in [0, 0.1) is 6.92 Å². The molecule has 3 rings (SSSR count). The lowest BCUT2D eigenvalue weighted by atomic mass is 10.2. The highest BCUT2D eigenvalue weighted by Crippen LogP contribution is 2.23. The molecule has 19 heavy (non-hydrogen) atoms. The predicted octanol–water partition coefficient (Wildman–Crippen LogP) is 1.10. The largest absolute Gasteiger partial charge is 0.439 e. The summed E-state index contributed by atoms with van der Waals surface area (Å²) in [4.78, 5) is 15.3. The molecule has 0 atom stereocenters. The Hall–Kier alpha value is -2.83. The number of nitrogen functional groups attached to an aromatic ring is 1. The van der Waals surface area contributed by atoms with Crippen LogP contribution in [0.1, 0.15) is 5.56 Å². The average molecular weight is 257 g/mol. The SMILES string of the molecule is Cc1cc(Oc2cc3n[nH]c(=O)n3cn2)ccc1N. The molecule has 3 N–H and O–H groups in total. The number of H-pyrrole nitrogens is 1. The van der Waals surface area contributed by atoms with Gasteiger partial charge in [0.1, 0.15) is 12.1 Å². The summed E-state index contributed by atoms with van der Waals surface area (Å²) in [6.07, 6.45) is 1.36. The zero-order valence-electron chi connectivity index (χ0n) is 10.1. The van der Waals surface area contributed by atoms with Gasteiger partial charge in [-0.2, -0.15) is 5.10 Å². The lowest BCUT2D eigenvalue weighted by Gasteiger charge is -2.06. The molecule has 0 bridgehead atoms. The van der Waals surface area contributed by atoms with E-state index in [1.807, 2.05) is 13.0 Å². The molecule has 1 aromatic carbocycles. The summed E-state index contributed by atoms with van der Waals surface area (Å²) in [7, 11) is 0. The van der Waals surface area contributed by atoms with Crippen molar-refractivity contribution < 1.29 is 4.74 Å². The Balaban J connectivity index is 1.96. The average Bonchev–Trinajstić information content (AvgIpc) is 2.75. The zero-order chi connectivity index (χ0) is 13.4. The summed E-state index contributed by atoms with van der Waals surface area (Å²) in [5.41, 5.74) is 7.48. The van der Waals surface area contributed by atoms with Gasteiger partial charge in [-0.3, -0.25) is 0 Å². The molecule has 0 unspecified atom stereocenters. The van der Waals surface area contributed by atoms with Gasteiger partial charge in [-0.25, -0.2) is 19.3 Å². The first-order chi connectivity index (χ1) is 9.13. The fourth-order valence-corrected chi connectivity index (χ4v) is 1.68. The van der Waals surface area contributed by atoms with E-state index in [4.69, 9.17) is 10.5 Å². The van der Waals surface area contributed by atoms with Crippen LogP contribution in [0.2, 0.25) is 0 Å². The highest BCUT2D eigenvalue weighted by Gasteiger charge is 2.05. The third-order valence-corrected chi connectivity index (χ3v) is 2.75. The monoisotopic (exact) mass is 257 g/mol. The van der Waals surface area contributed by atoms with Gasteiger partial charge in [-0.05, 0) is 30.7 Å². The quantitative estimate of drug-likeness (QED) is 0.670. The number of aromatic amines is 1. The lowest BCUT2D eigenvalue weighted by Crippen LogP contribution is -2.09. The minimum Gasteiger partial charge on any atom is -0.439 e. The van der Waals surface area contributed by atoms with Crippen molar-refractivity contribution in [2.45, 2.75) is 6.92 Å².